The third-order valence-electron chi connectivity index (χ3n) is 4.57. The number of amides is 1. The van der Waals surface area contributed by atoms with Crippen molar-refractivity contribution in [2.75, 3.05) is 27.3 Å². The molecule has 0 aromatic heterocycles. The highest BCUT2D eigenvalue weighted by molar-refractivity contribution is 6.01. The average molecular weight is 509 g/mol. The van der Waals surface area contributed by atoms with E-state index < -0.39 is 63.9 Å². The summed E-state index contributed by atoms with van der Waals surface area (Å²) in [7, 11) is 1.75. The molecule has 0 saturated heterocycles. The number of hydrogen-bond acceptors (Lipinski definition) is 13. The summed E-state index contributed by atoms with van der Waals surface area (Å²) in [6, 6.07) is 3.37. The number of aliphatic hydroxyl groups excluding tert-OH is 1. The van der Waals surface area contributed by atoms with Gasteiger partial charge in [0, 0.05) is 19.2 Å². The van der Waals surface area contributed by atoms with Crippen LogP contribution in [0.3, 0.4) is 0 Å². The first-order chi connectivity index (χ1) is 16.9. The van der Waals surface area contributed by atoms with E-state index in [1.165, 1.54) is 4.90 Å². The lowest BCUT2D eigenvalue weighted by Crippen LogP contribution is -2.44. The number of esters is 2. The molecule has 1 aromatic carbocycles. The van der Waals surface area contributed by atoms with E-state index in [2.05, 4.69) is 14.2 Å². The fourth-order valence-electron chi connectivity index (χ4n) is 2.72. The Hall–Kier alpha value is -4.71. The van der Waals surface area contributed by atoms with Crippen LogP contribution in [0.1, 0.15) is 19.4 Å². The van der Waals surface area contributed by atoms with E-state index in [-0.39, 0.29) is 18.7 Å². The number of phenolic OH excluding ortho intramolecular Hbond substituents is 1. The third kappa shape index (κ3) is 7.14. The highest BCUT2D eigenvalue weighted by atomic mass is 16.7. The number of nitro groups is 1. The minimum absolute atomic E-state index is 0.182. The zero-order chi connectivity index (χ0) is 27.6. The van der Waals surface area contributed by atoms with E-state index in [1.54, 1.807) is 19.9 Å². The van der Waals surface area contributed by atoms with E-state index in [0.29, 0.717) is 0 Å². The predicted octanol–water partition coefficient (Wildman–Crippen LogP) is 0.667. The monoisotopic (exact) mass is 509 g/mol. The largest absolute Gasteiger partial charge is 0.514 e. The number of carbonyl (C=O) groups excluding carboxylic acids is 4. The lowest BCUT2D eigenvalue weighted by Gasteiger charge is -2.19. The van der Waals surface area contributed by atoms with Gasteiger partial charge >= 0.3 is 23.8 Å². The summed E-state index contributed by atoms with van der Waals surface area (Å²) in [5.74, 6) is -5.39. The number of nitriles is 1. The number of aliphatic hydroxyl groups is 1. The van der Waals surface area contributed by atoms with Gasteiger partial charge in [0.1, 0.15) is 11.6 Å². The van der Waals surface area contributed by atoms with Crippen LogP contribution in [0.4, 0.5) is 10.5 Å². The number of hydrogen-bond donors (Lipinski definition) is 2. The van der Waals surface area contributed by atoms with Crippen LogP contribution in [-0.2, 0) is 28.6 Å². The Labute approximate surface area is 204 Å². The summed E-state index contributed by atoms with van der Waals surface area (Å²) in [4.78, 5) is 59.7. The van der Waals surface area contributed by atoms with Crippen molar-refractivity contribution in [3.05, 3.63) is 33.4 Å². The van der Waals surface area contributed by atoms with Crippen molar-refractivity contribution in [3.63, 3.8) is 0 Å². The van der Waals surface area contributed by atoms with E-state index in [0.717, 1.165) is 32.4 Å². The molecule has 0 fully saturated rings. The lowest BCUT2D eigenvalue weighted by atomic mass is 10.1. The van der Waals surface area contributed by atoms with Crippen LogP contribution in [0.15, 0.2) is 17.7 Å². The zero-order valence-electron chi connectivity index (χ0n) is 19.6. The highest BCUT2D eigenvalue weighted by Crippen LogP contribution is 2.38. The van der Waals surface area contributed by atoms with Crippen LogP contribution in [0.2, 0.25) is 0 Å². The van der Waals surface area contributed by atoms with Gasteiger partial charge in [0.15, 0.2) is 11.9 Å². The fourth-order valence-corrected chi connectivity index (χ4v) is 2.72. The number of aromatic hydroxyl groups is 1. The lowest BCUT2D eigenvalue weighted by molar-refractivity contribution is -0.385. The van der Waals surface area contributed by atoms with Crippen molar-refractivity contribution < 1.29 is 53.3 Å². The Kier molecular flexibility index (Phi) is 10.8. The summed E-state index contributed by atoms with van der Waals surface area (Å²) in [5.41, 5.74) is -1.55. The number of rotatable bonds is 10. The number of phenols is 1. The van der Waals surface area contributed by atoms with Gasteiger partial charge in [0.05, 0.1) is 19.1 Å². The number of nitrogens with zero attached hydrogens (tertiary/aromatic N) is 3. The molecule has 1 aromatic rings. The third-order valence-corrected chi connectivity index (χ3v) is 4.57. The van der Waals surface area contributed by atoms with Gasteiger partial charge in [0.25, 0.3) is 5.91 Å². The van der Waals surface area contributed by atoms with E-state index in [9.17, 15) is 44.8 Å². The van der Waals surface area contributed by atoms with E-state index in [1.807, 2.05) is 0 Å². The summed E-state index contributed by atoms with van der Waals surface area (Å²) < 4.78 is 17.9. The number of nitro benzene ring substituents is 1. The number of ether oxygens (including phenoxy) is 4. The maximum Gasteiger partial charge on any atom is 0.514 e. The molecule has 1 amide bonds. The maximum atomic E-state index is 12.5. The normalized spacial score (nSPS) is 12.4. The summed E-state index contributed by atoms with van der Waals surface area (Å²) >= 11 is 0. The molecule has 15 nitrogen and oxygen atoms in total. The van der Waals surface area contributed by atoms with Crippen LogP contribution in [0, 0.1) is 21.4 Å². The highest BCUT2D eigenvalue weighted by Gasteiger charge is 2.38. The molecular weight excluding hydrogens is 486 g/mol. The first kappa shape index (κ1) is 29.3. The Morgan fingerprint density at radius 1 is 1.17 bits per heavy atom. The summed E-state index contributed by atoms with van der Waals surface area (Å²) in [6.45, 7) is 3.92. The van der Waals surface area contributed by atoms with Gasteiger partial charge in [-0.15, -0.1) is 0 Å². The van der Waals surface area contributed by atoms with Crippen molar-refractivity contribution in [1.29, 1.82) is 5.26 Å². The van der Waals surface area contributed by atoms with Gasteiger partial charge in [-0.1, -0.05) is 0 Å². The molecule has 0 aliphatic rings. The molecule has 0 heterocycles. The van der Waals surface area contributed by atoms with Gasteiger partial charge in [-0.05, 0) is 31.6 Å². The molecule has 36 heavy (non-hydrogen) atoms. The first-order valence-corrected chi connectivity index (χ1v) is 10.1. The molecule has 194 valence electrons. The summed E-state index contributed by atoms with van der Waals surface area (Å²) in [5, 5.41) is 40.8. The minimum Gasteiger partial charge on any atom is -0.499 e. The number of carbonyl (C=O) groups is 4. The van der Waals surface area contributed by atoms with Crippen molar-refractivity contribution in [2.45, 2.75) is 26.1 Å². The molecule has 0 saturated carbocycles. The van der Waals surface area contributed by atoms with Crippen molar-refractivity contribution >= 4 is 35.8 Å². The Balaban J connectivity index is 3.42. The second-order valence-electron chi connectivity index (χ2n) is 6.67. The average Bonchev–Trinajstić information content (AvgIpc) is 2.86. The fraction of sp³-hybridized carbons (Fsp3) is 0.381. The second kappa shape index (κ2) is 13.2. The van der Waals surface area contributed by atoms with Crippen LogP contribution < -0.4 is 4.74 Å². The molecule has 2 unspecified atom stereocenters. The molecule has 0 radical (unpaired) electrons. The van der Waals surface area contributed by atoms with Crippen LogP contribution in [0.5, 0.6) is 11.5 Å². The molecular formula is C21H23N3O12. The molecule has 2 atom stereocenters. The van der Waals surface area contributed by atoms with Crippen LogP contribution >= 0.6 is 0 Å². The van der Waals surface area contributed by atoms with Gasteiger partial charge in [-0.25, -0.2) is 14.4 Å². The topological polar surface area (TPSA) is 216 Å². The van der Waals surface area contributed by atoms with Crippen LogP contribution in [0.25, 0.3) is 6.08 Å². The number of methoxy groups -OCH3 is 2. The van der Waals surface area contributed by atoms with Gasteiger partial charge in [0.2, 0.25) is 11.9 Å². The van der Waals surface area contributed by atoms with Gasteiger partial charge in [-0.2, -0.15) is 5.26 Å². The second-order valence-corrected chi connectivity index (χ2v) is 6.67. The van der Waals surface area contributed by atoms with Crippen molar-refractivity contribution in [1.82, 2.24) is 4.90 Å². The number of likely N-dealkylation sites (N-methyl/N-ethyl adjacent to an activating group) is 1. The Morgan fingerprint density at radius 2 is 1.75 bits per heavy atom. The molecule has 15 heteroatoms. The minimum atomic E-state index is -2.31. The molecule has 0 bridgehead atoms. The standard InChI is InChI=1S/C21H23N3O12/c1-5-23(6-2)18(27)12(10-22)7-11-8-13(24(31)32)15(25)14(9-11)35-21(30)36-17(20(29)34-4)16(26)19(28)33-3/h7-9,16-17,25-26H,5-6H2,1-4H3. The maximum absolute atomic E-state index is 12.5. The number of benzene rings is 1. The first-order valence-electron chi connectivity index (χ1n) is 10.1. The molecule has 2 N–H and O–H groups in total. The molecule has 0 aliphatic heterocycles. The predicted molar refractivity (Wildman–Crippen MR) is 117 cm³/mol. The SMILES string of the molecule is CCN(CC)C(=O)C(C#N)=Cc1cc(OC(=O)OC(C(=O)OC)C(O)C(=O)OC)c(O)c([N+](=O)[O-])c1. The molecule has 0 aliphatic carbocycles. The van der Waals surface area contributed by atoms with Crippen molar-refractivity contribution in [3.8, 4) is 17.6 Å². The Morgan fingerprint density at radius 3 is 2.22 bits per heavy atom. The Bertz CT molecular complexity index is 1100. The zero-order valence-corrected chi connectivity index (χ0v) is 19.6. The van der Waals surface area contributed by atoms with Gasteiger partial charge < -0.3 is 34.1 Å². The van der Waals surface area contributed by atoms with Crippen LogP contribution in [-0.4, -0.2) is 83.6 Å². The summed E-state index contributed by atoms with van der Waals surface area (Å²) in [6.07, 6.45) is -5.36. The molecule has 0 spiro atoms. The smallest absolute Gasteiger partial charge is 0.499 e. The van der Waals surface area contributed by atoms with E-state index >= 15 is 0 Å². The van der Waals surface area contributed by atoms with Crippen molar-refractivity contribution in [2.24, 2.45) is 0 Å². The molecule has 1 rings (SSSR count). The quantitative estimate of drug-likeness (QED) is 0.0844. The van der Waals surface area contributed by atoms with E-state index in [4.69, 9.17) is 4.74 Å². The van der Waals surface area contributed by atoms with Gasteiger partial charge in [-0.3, -0.25) is 14.9 Å².